The zero-order chi connectivity index (χ0) is 10.9. The van der Waals surface area contributed by atoms with Gasteiger partial charge in [-0.25, -0.2) is 0 Å². The van der Waals surface area contributed by atoms with E-state index in [-0.39, 0.29) is 0 Å². The Labute approximate surface area is 93.1 Å². The van der Waals surface area contributed by atoms with Gasteiger partial charge in [0.05, 0.1) is 6.54 Å². The zero-order valence-corrected chi connectivity index (χ0v) is 9.63. The molecule has 0 heterocycles. The molecule has 1 fully saturated rings. The van der Waals surface area contributed by atoms with Crippen molar-refractivity contribution in [3.8, 4) is 0 Å². The molecular formula is C13H23NO. The third-order valence-electron chi connectivity index (χ3n) is 2.82. The molecule has 0 radical (unpaired) electrons. The fraction of sp³-hybridized carbons (Fsp3) is 0.769. The quantitative estimate of drug-likeness (QED) is 0.443. The number of hydrogen-bond donors (Lipinski definition) is 1. The fourth-order valence-electron chi connectivity index (χ4n) is 1.61. The van der Waals surface area contributed by atoms with E-state index >= 15 is 0 Å². The van der Waals surface area contributed by atoms with Crippen molar-refractivity contribution in [3.63, 3.8) is 0 Å². The number of Topliss-reactive ketones (excluding diaryl/α,β-unsaturated/α-hetero) is 1. The molecule has 1 aliphatic carbocycles. The van der Waals surface area contributed by atoms with Crippen molar-refractivity contribution in [3.05, 3.63) is 12.7 Å². The topological polar surface area (TPSA) is 29.1 Å². The van der Waals surface area contributed by atoms with Crippen LogP contribution in [-0.2, 0) is 4.79 Å². The summed E-state index contributed by atoms with van der Waals surface area (Å²) >= 11 is 0. The predicted octanol–water partition coefficient (Wildman–Crippen LogP) is 2.69. The first-order valence-electron chi connectivity index (χ1n) is 6.16. The number of allylic oxidation sites excluding steroid dienone is 1. The van der Waals surface area contributed by atoms with E-state index in [0.29, 0.717) is 12.3 Å². The van der Waals surface area contributed by atoms with E-state index in [9.17, 15) is 4.79 Å². The maximum atomic E-state index is 11.4. The molecule has 0 atom stereocenters. The minimum atomic E-state index is 0.370. The number of nitrogens with one attached hydrogen (secondary N) is 1. The molecule has 0 saturated heterocycles. The van der Waals surface area contributed by atoms with Gasteiger partial charge in [-0.3, -0.25) is 4.79 Å². The third kappa shape index (κ3) is 7.32. The van der Waals surface area contributed by atoms with Crippen LogP contribution in [0.4, 0.5) is 0 Å². The van der Waals surface area contributed by atoms with Crippen LogP contribution in [0, 0.1) is 5.92 Å². The molecule has 1 N–H and O–H groups in total. The summed E-state index contributed by atoms with van der Waals surface area (Å²) in [6.07, 6.45) is 9.83. The Morgan fingerprint density at radius 2 is 2.13 bits per heavy atom. The van der Waals surface area contributed by atoms with Gasteiger partial charge in [-0.15, -0.1) is 6.58 Å². The van der Waals surface area contributed by atoms with Crippen LogP contribution in [0.3, 0.4) is 0 Å². The first-order valence-corrected chi connectivity index (χ1v) is 6.16. The summed E-state index contributed by atoms with van der Waals surface area (Å²) in [6, 6.07) is 0. The van der Waals surface area contributed by atoms with E-state index in [1.807, 2.05) is 6.08 Å². The second kappa shape index (κ2) is 7.63. The summed E-state index contributed by atoms with van der Waals surface area (Å²) in [7, 11) is 0. The summed E-state index contributed by atoms with van der Waals surface area (Å²) in [5.41, 5.74) is 0. The van der Waals surface area contributed by atoms with E-state index in [2.05, 4.69) is 11.9 Å². The summed E-state index contributed by atoms with van der Waals surface area (Å²) in [6.45, 7) is 5.30. The Morgan fingerprint density at radius 1 is 1.33 bits per heavy atom. The molecule has 0 unspecified atom stereocenters. The molecule has 0 aromatic heterocycles. The SMILES string of the molecule is C=CCCCCCC(=O)CNCC1CC1. The average Bonchev–Trinajstić information content (AvgIpc) is 3.01. The van der Waals surface area contributed by atoms with E-state index in [1.165, 1.54) is 19.3 Å². The Balaban J connectivity index is 1.82. The lowest BCUT2D eigenvalue weighted by molar-refractivity contribution is -0.118. The van der Waals surface area contributed by atoms with Gasteiger partial charge in [0.1, 0.15) is 5.78 Å². The Hall–Kier alpha value is -0.630. The summed E-state index contributed by atoms with van der Waals surface area (Å²) in [4.78, 5) is 11.4. The second-order valence-corrected chi connectivity index (χ2v) is 4.50. The molecule has 0 aromatic carbocycles. The molecule has 0 aliphatic heterocycles. The number of carbonyl (C=O) groups is 1. The number of ketones is 1. The summed E-state index contributed by atoms with van der Waals surface area (Å²) < 4.78 is 0. The van der Waals surface area contributed by atoms with E-state index in [4.69, 9.17) is 0 Å². The Morgan fingerprint density at radius 3 is 2.80 bits per heavy atom. The lowest BCUT2D eigenvalue weighted by atomic mass is 10.1. The van der Waals surface area contributed by atoms with Gasteiger partial charge in [-0.1, -0.05) is 12.5 Å². The van der Waals surface area contributed by atoms with Crippen LogP contribution < -0.4 is 5.32 Å². The van der Waals surface area contributed by atoms with Gasteiger partial charge in [0, 0.05) is 6.42 Å². The molecular weight excluding hydrogens is 186 g/mol. The fourth-order valence-corrected chi connectivity index (χ4v) is 1.61. The Bertz CT molecular complexity index is 197. The summed E-state index contributed by atoms with van der Waals surface area (Å²) in [5, 5.41) is 3.23. The number of carbonyl (C=O) groups excluding carboxylic acids is 1. The average molecular weight is 209 g/mol. The van der Waals surface area contributed by atoms with Crippen LogP contribution in [0.5, 0.6) is 0 Å². The smallest absolute Gasteiger partial charge is 0.146 e. The van der Waals surface area contributed by atoms with Gasteiger partial charge in [0.15, 0.2) is 0 Å². The lowest BCUT2D eigenvalue weighted by Crippen LogP contribution is -2.24. The molecule has 1 saturated carbocycles. The van der Waals surface area contributed by atoms with Crippen molar-refractivity contribution < 1.29 is 4.79 Å². The largest absolute Gasteiger partial charge is 0.310 e. The minimum Gasteiger partial charge on any atom is -0.310 e. The molecule has 0 spiro atoms. The second-order valence-electron chi connectivity index (χ2n) is 4.50. The van der Waals surface area contributed by atoms with Gasteiger partial charge in [0.25, 0.3) is 0 Å². The molecule has 2 heteroatoms. The number of unbranched alkanes of at least 4 members (excludes halogenated alkanes) is 3. The summed E-state index contributed by atoms with van der Waals surface area (Å²) in [5.74, 6) is 1.24. The van der Waals surface area contributed by atoms with Crippen LogP contribution >= 0.6 is 0 Å². The molecule has 1 rings (SSSR count). The van der Waals surface area contributed by atoms with Gasteiger partial charge in [-0.2, -0.15) is 0 Å². The maximum Gasteiger partial charge on any atom is 0.146 e. The highest BCUT2D eigenvalue weighted by Crippen LogP contribution is 2.27. The van der Waals surface area contributed by atoms with Crippen LogP contribution in [0.15, 0.2) is 12.7 Å². The Kier molecular flexibility index (Phi) is 6.33. The lowest BCUT2D eigenvalue weighted by Gasteiger charge is -2.02. The van der Waals surface area contributed by atoms with E-state index < -0.39 is 0 Å². The van der Waals surface area contributed by atoms with Crippen LogP contribution in [0.25, 0.3) is 0 Å². The first-order chi connectivity index (χ1) is 7.33. The molecule has 2 nitrogen and oxygen atoms in total. The molecule has 1 aliphatic rings. The molecule has 86 valence electrons. The van der Waals surface area contributed by atoms with Crippen molar-refractivity contribution in [1.29, 1.82) is 0 Å². The maximum absolute atomic E-state index is 11.4. The van der Waals surface area contributed by atoms with Crippen molar-refractivity contribution in [2.45, 2.75) is 44.9 Å². The predicted molar refractivity (Wildman–Crippen MR) is 63.9 cm³/mol. The standard InChI is InChI=1S/C13H23NO/c1-2-3-4-5-6-7-13(15)11-14-10-12-8-9-12/h2,12,14H,1,3-11H2. The van der Waals surface area contributed by atoms with E-state index in [1.54, 1.807) is 0 Å². The van der Waals surface area contributed by atoms with Crippen molar-refractivity contribution in [2.75, 3.05) is 13.1 Å². The normalized spacial score (nSPS) is 15.2. The molecule has 0 aromatic rings. The van der Waals surface area contributed by atoms with Crippen LogP contribution in [-0.4, -0.2) is 18.9 Å². The molecule has 0 amide bonds. The highest BCUT2D eigenvalue weighted by molar-refractivity contribution is 5.80. The van der Waals surface area contributed by atoms with Gasteiger partial charge < -0.3 is 5.32 Å². The van der Waals surface area contributed by atoms with Crippen molar-refractivity contribution in [1.82, 2.24) is 5.32 Å². The molecule has 0 bridgehead atoms. The van der Waals surface area contributed by atoms with Crippen molar-refractivity contribution in [2.24, 2.45) is 5.92 Å². The minimum absolute atomic E-state index is 0.370. The van der Waals surface area contributed by atoms with Gasteiger partial charge in [0.2, 0.25) is 0 Å². The van der Waals surface area contributed by atoms with Crippen molar-refractivity contribution >= 4 is 5.78 Å². The zero-order valence-electron chi connectivity index (χ0n) is 9.63. The first kappa shape index (κ1) is 12.4. The number of rotatable bonds is 10. The highest BCUT2D eigenvalue weighted by Gasteiger charge is 2.20. The monoisotopic (exact) mass is 209 g/mol. The van der Waals surface area contributed by atoms with Crippen LogP contribution in [0.2, 0.25) is 0 Å². The van der Waals surface area contributed by atoms with Crippen LogP contribution in [0.1, 0.15) is 44.9 Å². The molecule has 15 heavy (non-hydrogen) atoms. The number of hydrogen-bond acceptors (Lipinski definition) is 2. The third-order valence-corrected chi connectivity index (χ3v) is 2.82. The van der Waals surface area contributed by atoms with Gasteiger partial charge >= 0.3 is 0 Å². The van der Waals surface area contributed by atoms with Gasteiger partial charge in [-0.05, 0) is 44.6 Å². The highest BCUT2D eigenvalue weighted by atomic mass is 16.1. The van der Waals surface area contributed by atoms with E-state index in [0.717, 1.165) is 38.1 Å².